The van der Waals surface area contributed by atoms with Gasteiger partial charge >= 0.3 is 5.97 Å². The number of aromatic nitrogens is 7. The predicted octanol–water partition coefficient (Wildman–Crippen LogP) is 0.633. The zero-order valence-electron chi connectivity index (χ0n) is 12.6. The molecule has 2 aromatic heterocycles. The average molecular weight is 293 g/mol. The lowest BCUT2D eigenvalue weighted by atomic mass is 10.1. The van der Waals surface area contributed by atoms with Gasteiger partial charge in [-0.2, -0.15) is 0 Å². The Balaban J connectivity index is 2.34. The molecule has 0 saturated heterocycles. The van der Waals surface area contributed by atoms with Gasteiger partial charge in [0.2, 0.25) is 0 Å². The summed E-state index contributed by atoms with van der Waals surface area (Å²) in [6.07, 6.45) is 0.930. The molecule has 21 heavy (non-hydrogen) atoms. The van der Waals surface area contributed by atoms with Crippen LogP contribution in [0.15, 0.2) is 0 Å². The van der Waals surface area contributed by atoms with Crippen LogP contribution in [0.25, 0.3) is 0 Å². The van der Waals surface area contributed by atoms with Crippen molar-refractivity contribution in [3.8, 4) is 0 Å². The number of carbonyl (C=O) groups is 1. The fourth-order valence-electron chi connectivity index (χ4n) is 2.11. The van der Waals surface area contributed by atoms with Gasteiger partial charge in [0.1, 0.15) is 6.54 Å². The summed E-state index contributed by atoms with van der Waals surface area (Å²) in [5.74, 6) is 0.266. The van der Waals surface area contributed by atoms with E-state index in [4.69, 9.17) is 4.74 Å². The zero-order chi connectivity index (χ0) is 15.4. The van der Waals surface area contributed by atoms with Crippen LogP contribution in [0, 0.1) is 0 Å². The van der Waals surface area contributed by atoms with Crippen LogP contribution in [0.1, 0.15) is 55.1 Å². The third-order valence-electron chi connectivity index (χ3n) is 3.03. The van der Waals surface area contributed by atoms with Crippen molar-refractivity contribution < 1.29 is 9.53 Å². The fraction of sp³-hybridized carbons (Fsp3) is 0.667. The quantitative estimate of drug-likeness (QED) is 0.720. The Morgan fingerprint density at radius 1 is 1.24 bits per heavy atom. The number of carbonyl (C=O) groups excluding carboxylic acids is 1. The Morgan fingerprint density at radius 2 is 2.00 bits per heavy atom. The van der Waals surface area contributed by atoms with Crippen LogP contribution in [-0.4, -0.2) is 48.3 Å². The Bertz CT molecular complexity index is 617. The summed E-state index contributed by atoms with van der Waals surface area (Å²) in [5.41, 5.74) is 0.954. The number of hydrogen-bond acceptors (Lipinski definition) is 7. The van der Waals surface area contributed by atoms with E-state index in [1.807, 2.05) is 13.8 Å². The van der Waals surface area contributed by atoms with Gasteiger partial charge in [-0.3, -0.25) is 0 Å². The molecule has 0 aliphatic carbocycles. The number of aryl methyl sites for hydroxylation is 1. The molecule has 0 unspecified atom stereocenters. The van der Waals surface area contributed by atoms with Gasteiger partial charge < -0.3 is 4.74 Å². The van der Waals surface area contributed by atoms with Crippen LogP contribution in [0.2, 0.25) is 0 Å². The fourth-order valence-corrected chi connectivity index (χ4v) is 2.11. The molecular formula is C12H19N7O2. The number of methoxy groups -OCH3 is 1. The van der Waals surface area contributed by atoms with E-state index in [-0.39, 0.29) is 11.6 Å². The van der Waals surface area contributed by atoms with Crippen LogP contribution in [0.5, 0.6) is 0 Å². The number of tetrazole rings is 1. The first-order valence-corrected chi connectivity index (χ1v) is 6.85. The molecule has 0 fully saturated rings. The Kier molecular flexibility index (Phi) is 4.61. The molecule has 9 nitrogen and oxygen atoms in total. The molecule has 9 heteroatoms. The van der Waals surface area contributed by atoms with Gasteiger partial charge in [0.05, 0.1) is 12.8 Å². The first kappa shape index (κ1) is 15.1. The number of hydrogen-bond donors (Lipinski definition) is 0. The second kappa shape index (κ2) is 6.42. The van der Waals surface area contributed by atoms with Crippen molar-refractivity contribution >= 4 is 5.97 Å². The van der Waals surface area contributed by atoms with E-state index in [2.05, 4.69) is 32.8 Å². The summed E-state index contributed by atoms with van der Waals surface area (Å²) in [5, 5.41) is 19.6. The van der Waals surface area contributed by atoms with E-state index in [1.54, 1.807) is 9.36 Å². The summed E-state index contributed by atoms with van der Waals surface area (Å²) in [7, 11) is 1.33. The molecule has 0 radical (unpaired) electrons. The van der Waals surface area contributed by atoms with E-state index < -0.39 is 5.97 Å². The smallest absolute Gasteiger partial charge is 0.360 e. The van der Waals surface area contributed by atoms with Gasteiger partial charge in [0, 0.05) is 6.54 Å². The van der Waals surface area contributed by atoms with E-state index in [9.17, 15) is 4.79 Å². The van der Waals surface area contributed by atoms with Gasteiger partial charge in [-0.15, -0.1) is 10.2 Å². The highest BCUT2D eigenvalue weighted by Crippen LogP contribution is 2.19. The van der Waals surface area contributed by atoms with Crippen LogP contribution in [0.3, 0.4) is 0 Å². The minimum absolute atomic E-state index is 0.0737. The zero-order valence-corrected chi connectivity index (χ0v) is 12.6. The molecule has 0 saturated carbocycles. The minimum atomic E-state index is -0.488. The van der Waals surface area contributed by atoms with Gasteiger partial charge in [-0.1, -0.05) is 26.0 Å². The number of ether oxygens (including phenoxy) is 1. The molecule has 0 aliphatic heterocycles. The van der Waals surface area contributed by atoms with Gasteiger partial charge in [-0.05, 0) is 22.8 Å². The average Bonchev–Trinajstić information content (AvgIpc) is 3.06. The molecule has 0 spiro atoms. The highest BCUT2D eigenvalue weighted by molar-refractivity contribution is 5.88. The van der Waals surface area contributed by atoms with Gasteiger partial charge in [0.25, 0.3) is 0 Å². The van der Waals surface area contributed by atoms with E-state index >= 15 is 0 Å². The number of rotatable bonds is 6. The molecule has 0 amide bonds. The summed E-state index contributed by atoms with van der Waals surface area (Å²) >= 11 is 0. The first-order valence-electron chi connectivity index (χ1n) is 6.85. The number of nitrogens with zero attached hydrogens (tertiary/aromatic N) is 7. The monoisotopic (exact) mass is 293 g/mol. The summed E-state index contributed by atoms with van der Waals surface area (Å²) in [6, 6.07) is 0. The molecule has 2 aromatic rings. The molecular weight excluding hydrogens is 274 g/mol. The van der Waals surface area contributed by atoms with Crippen molar-refractivity contribution in [1.82, 2.24) is 35.2 Å². The van der Waals surface area contributed by atoms with E-state index in [0.717, 1.165) is 13.0 Å². The predicted molar refractivity (Wildman–Crippen MR) is 72.7 cm³/mol. The Morgan fingerprint density at radius 3 is 2.62 bits per heavy atom. The maximum absolute atomic E-state index is 11.7. The molecule has 0 bridgehead atoms. The minimum Gasteiger partial charge on any atom is -0.464 e. The van der Waals surface area contributed by atoms with Crippen molar-refractivity contribution in [2.24, 2.45) is 0 Å². The normalized spacial score (nSPS) is 11.1. The Labute approximate surface area is 122 Å². The molecule has 0 aromatic carbocycles. The van der Waals surface area contributed by atoms with Crippen molar-refractivity contribution in [2.75, 3.05) is 7.11 Å². The lowest BCUT2D eigenvalue weighted by molar-refractivity contribution is 0.0592. The maximum atomic E-state index is 11.7. The van der Waals surface area contributed by atoms with Crippen molar-refractivity contribution in [3.05, 3.63) is 17.2 Å². The topological polar surface area (TPSA) is 101 Å². The van der Waals surface area contributed by atoms with Gasteiger partial charge in [-0.25, -0.2) is 14.2 Å². The van der Waals surface area contributed by atoms with Crippen molar-refractivity contribution in [3.63, 3.8) is 0 Å². The first-order chi connectivity index (χ1) is 10.1. The molecule has 114 valence electrons. The maximum Gasteiger partial charge on any atom is 0.360 e. The van der Waals surface area contributed by atoms with Crippen molar-refractivity contribution in [1.29, 1.82) is 0 Å². The highest BCUT2D eigenvalue weighted by Gasteiger charge is 2.23. The second-order valence-corrected chi connectivity index (χ2v) is 4.95. The third-order valence-corrected chi connectivity index (χ3v) is 3.03. The van der Waals surface area contributed by atoms with Gasteiger partial charge in [0.15, 0.2) is 11.5 Å². The van der Waals surface area contributed by atoms with E-state index in [0.29, 0.717) is 18.1 Å². The second-order valence-electron chi connectivity index (χ2n) is 4.95. The molecule has 2 rings (SSSR count). The van der Waals surface area contributed by atoms with Crippen LogP contribution < -0.4 is 0 Å². The Hall–Kier alpha value is -2.32. The molecule has 2 heterocycles. The third kappa shape index (κ3) is 3.06. The number of esters is 1. The van der Waals surface area contributed by atoms with E-state index in [1.165, 1.54) is 7.11 Å². The molecule has 0 N–H and O–H groups in total. The molecule has 0 aliphatic rings. The van der Waals surface area contributed by atoms with Crippen LogP contribution in [-0.2, 0) is 17.8 Å². The highest BCUT2D eigenvalue weighted by atomic mass is 16.5. The largest absolute Gasteiger partial charge is 0.464 e. The van der Waals surface area contributed by atoms with Crippen LogP contribution in [0.4, 0.5) is 0 Å². The standard InChI is InChI=1S/C12H19N7O2/c1-5-6-18-9(13-15-17-18)7-19-11(8(2)3)10(14-16-19)12(20)21-4/h8H,5-7H2,1-4H3. The SMILES string of the molecule is CCCn1nnnc1Cn1nnc(C(=O)OC)c1C(C)C. The molecule has 0 atom stereocenters. The summed E-state index contributed by atoms with van der Waals surface area (Å²) in [6.45, 7) is 7.09. The lowest BCUT2D eigenvalue weighted by Gasteiger charge is -2.10. The summed E-state index contributed by atoms with van der Waals surface area (Å²) < 4.78 is 8.11. The van der Waals surface area contributed by atoms with Crippen LogP contribution >= 0.6 is 0 Å². The summed E-state index contributed by atoms with van der Waals surface area (Å²) in [4.78, 5) is 11.7. The lowest BCUT2D eigenvalue weighted by Crippen LogP contribution is -2.15. The van der Waals surface area contributed by atoms with Crippen molar-refractivity contribution in [2.45, 2.75) is 46.2 Å².